The first-order valence-electron chi connectivity index (χ1n) is 8.42. The van der Waals surface area contributed by atoms with Crippen LogP contribution in [0.4, 0.5) is 0 Å². The fourth-order valence-corrected chi connectivity index (χ4v) is 4.21. The van der Waals surface area contributed by atoms with E-state index in [0.717, 1.165) is 36.0 Å². The molecule has 3 rings (SSSR count). The molecule has 0 radical (unpaired) electrons. The second kappa shape index (κ2) is 6.71. The second-order valence-electron chi connectivity index (χ2n) is 6.40. The van der Waals surface area contributed by atoms with Gasteiger partial charge in [-0.15, -0.1) is 0 Å². The van der Waals surface area contributed by atoms with Crippen molar-refractivity contribution in [2.75, 3.05) is 20.0 Å². The molecule has 1 aliphatic heterocycles. The third-order valence-electron chi connectivity index (χ3n) is 4.71. The number of hydrogen-bond acceptors (Lipinski definition) is 5. The Morgan fingerprint density at radius 3 is 2.72 bits per heavy atom. The van der Waals surface area contributed by atoms with E-state index in [0.29, 0.717) is 18.8 Å². The van der Waals surface area contributed by atoms with Gasteiger partial charge in [-0.05, 0) is 38.0 Å². The Labute approximate surface area is 147 Å². The van der Waals surface area contributed by atoms with Gasteiger partial charge in [0.05, 0.1) is 30.5 Å². The number of aryl methyl sites for hydroxylation is 1. The van der Waals surface area contributed by atoms with Gasteiger partial charge < -0.3 is 14.0 Å². The molecule has 0 saturated heterocycles. The predicted molar refractivity (Wildman–Crippen MR) is 94.8 cm³/mol. The highest BCUT2D eigenvalue weighted by molar-refractivity contribution is 7.90. The highest BCUT2D eigenvalue weighted by Crippen LogP contribution is 2.39. The molecule has 1 aromatic carbocycles. The number of rotatable bonds is 5. The van der Waals surface area contributed by atoms with Crippen molar-refractivity contribution < 1.29 is 22.7 Å². The third-order valence-corrected chi connectivity index (χ3v) is 5.80. The highest BCUT2D eigenvalue weighted by atomic mass is 32.2. The summed E-state index contributed by atoms with van der Waals surface area (Å²) in [6.07, 6.45) is 3.38. The normalized spacial score (nSPS) is 17.3. The Morgan fingerprint density at radius 1 is 1.32 bits per heavy atom. The largest absolute Gasteiger partial charge is 0.496 e. The molecule has 0 bridgehead atoms. The standard InChI is InChI=1S/C18H23NO5S/c1-4-24-18(20)8-12-6-5-7-19-15(12)11-14-16(19)9-13(25(3,21)22)10-17(14)23-2/h9-12H,4-8H2,1-3H3. The van der Waals surface area contributed by atoms with Gasteiger partial charge >= 0.3 is 5.97 Å². The van der Waals surface area contributed by atoms with Crippen LogP contribution in [-0.4, -0.2) is 38.9 Å². The number of nitrogens with zero attached hydrogens (tertiary/aromatic N) is 1. The van der Waals surface area contributed by atoms with Crippen LogP contribution in [0.15, 0.2) is 23.1 Å². The summed E-state index contributed by atoms with van der Waals surface area (Å²) in [4.78, 5) is 12.2. The quantitative estimate of drug-likeness (QED) is 0.762. The lowest BCUT2D eigenvalue weighted by Crippen LogP contribution is -2.18. The summed E-state index contributed by atoms with van der Waals surface area (Å²) in [5.41, 5.74) is 1.88. The van der Waals surface area contributed by atoms with Gasteiger partial charge in [0.1, 0.15) is 5.75 Å². The molecule has 0 saturated carbocycles. The predicted octanol–water partition coefficient (Wildman–Crippen LogP) is 2.88. The van der Waals surface area contributed by atoms with Crippen LogP contribution < -0.4 is 4.74 Å². The zero-order chi connectivity index (χ0) is 18.2. The Morgan fingerprint density at radius 2 is 2.08 bits per heavy atom. The van der Waals surface area contributed by atoms with E-state index in [-0.39, 0.29) is 16.8 Å². The smallest absolute Gasteiger partial charge is 0.306 e. The van der Waals surface area contributed by atoms with Crippen LogP contribution in [0.1, 0.15) is 37.8 Å². The Balaban J connectivity index is 2.12. The van der Waals surface area contributed by atoms with Crippen molar-refractivity contribution in [2.45, 2.75) is 43.5 Å². The molecule has 0 spiro atoms. The molecule has 1 aliphatic rings. The number of aromatic nitrogens is 1. The molecule has 0 fully saturated rings. The number of sulfone groups is 1. The van der Waals surface area contributed by atoms with Crippen molar-refractivity contribution in [2.24, 2.45) is 0 Å². The summed E-state index contributed by atoms with van der Waals surface area (Å²) in [6.45, 7) is 2.97. The van der Waals surface area contributed by atoms with Gasteiger partial charge in [0, 0.05) is 29.8 Å². The average molecular weight is 365 g/mol. The first-order valence-corrected chi connectivity index (χ1v) is 10.3. The van der Waals surface area contributed by atoms with E-state index < -0.39 is 9.84 Å². The Hall–Kier alpha value is -2.02. The van der Waals surface area contributed by atoms with Crippen molar-refractivity contribution in [3.63, 3.8) is 0 Å². The van der Waals surface area contributed by atoms with Crippen LogP contribution in [0, 0.1) is 0 Å². The van der Waals surface area contributed by atoms with Crippen LogP contribution in [0.25, 0.3) is 10.9 Å². The maximum absolute atomic E-state index is 12.0. The van der Waals surface area contributed by atoms with Crippen molar-refractivity contribution in [1.82, 2.24) is 4.57 Å². The number of fused-ring (bicyclic) bond motifs is 3. The lowest BCUT2D eigenvalue weighted by Gasteiger charge is -2.24. The summed E-state index contributed by atoms with van der Waals surface area (Å²) in [5, 5.41) is 0.876. The van der Waals surface area contributed by atoms with E-state index in [1.807, 2.05) is 6.07 Å². The lowest BCUT2D eigenvalue weighted by molar-refractivity contribution is -0.143. The molecule has 0 aliphatic carbocycles. The van der Waals surface area contributed by atoms with Crippen molar-refractivity contribution in [1.29, 1.82) is 0 Å². The molecule has 1 aromatic heterocycles. The summed E-state index contributed by atoms with van der Waals surface area (Å²) < 4.78 is 36.6. The average Bonchev–Trinajstić information content (AvgIpc) is 2.93. The maximum atomic E-state index is 12.0. The molecule has 1 unspecified atom stereocenters. The van der Waals surface area contributed by atoms with Gasteiger partial charge in [0.25, 0.3) is 0 Å². The number of carbonyl (C=O) groups excluding carboxylic acids is 1. The van der Waals surface area contributed by atoms with Crippen molar-refractivity contribution in [3.8, 4) is 5.75 Å². The number of benzene rings is 1. The lowest BCUT2D eigenvalue weighted by atomic mass is 9.93. The molecule has 0 amide bonds. The third kappa shape index (κ3) is 3.38. The van der Waals surface area contributed by atoms with E-state index >= 15 is 0 Å². The van der Waals surface area contributed by atoms with E-state index in [9.17, 15) is 13.2 Å². The number of ether oxygens (including phenoxy) is 2. The Kier molecular flexibility index (Phi) is 4.77. The molecule has 2 heterocycles. The molecule has 7 heteroatoms. The number of esters is 1. The van der Waals surface area contributed by atoms with Crippen LogP contribution in [0.3, 0.4) is 0 Å². The zero-order valence-corrected chi connectivity index (χ0v) is 15.6. The first kappa shape index (κ1) is 17.8. The minimum atomic E-state index is -3.34. The molecular weight excluding hydrogens is 342 g/mol. The van der Waals surface area contributed by atoms with Gasteiger partial charge in [0.2, 0.25) is 0 Å². The summed E-state index contributed by atoms with van der Waals surface area (Å²) >= 11 is 0. The van der Waals surface area contributed by atoms with Gasteiger partial charge in [-0.2, -0.15) is 0 Å². The summed E-state index contributed by atoms with van der Waals surface area (Å²) in [5.74, 6) is 0.413. The molecule has 25 heavy (non-hydrogen) atoms. The van der Waals surface area contributed by atoms with Crippen LogP contribution >= 0.6 is 0 Å². The summed E-state index contributed by atoms with van der Waals surface area (Å²) in [7, 11) is -1.80. The summed E-state index contributed by atoms with van der Waals surface area (Å²) in [6, 6.07) is 5.27. The van der Waals surface area contributed by atoms with E-state index in [1.165, 1.54) is 13.4 Å². The van der Waals surface area contributed by atoms with Crippen molar-refractivity contribution >= 4 is 26.7 Å². The van der Waals surface area contributed by atoms with Crippen LogP contribution in [-0.2, 0) is 25.9 Å². The Bertz CT molecular complexity index is 913. The number of methoxy groups -OCH3 is 1. The minimum Gasteiger partial charge on any atom is -0.496 e. The fraction of sp³-hybridized carbons (Fsp3) is 0.500. The van der Waals surface area contributed by atoms with E-state index in [2.05, 4.69) is 4.57 Å². The second-order valence-corrected chi connectivity index (χ2v) is 8.42. The maximum Gasteiger partial charge on any atom is 0.306 e. The van der Waals surface area contributed by atoms with Crippen molar-refractivity contribution in [3.05, 3.63) is 23.9 Å². The molecule has 0 N–H and O–H groups in total. The number of hydrogen-bond donors (Lipinski definition) is 0. The van der Waals surface area contributed by atoms with Crippen LogP contribution in [0.5, 0.6) is 5.75 Å². The van der Waals surface area contributed by atoms with E-state index in [1.54, 1.807) is 19.1 Å². The van der Waals surface area contributed by atoms with Gasteiger partial charge in [-0.1, -0.05) is 0 Å². The highest BCUT2D eigenvalue weighted by Gasteiger charge is 2.27. The molecular formula is C18H23NO5S. The zero-order valence-electron chi connectivity index (χ0n) is 14.7. The molecule has 136 valence electrons. The van der Waals surface area contributed by atoms with Gasteiger partial charge in [-0.3, -0.25) is 4.79 Å². The fourth-order valence-electron chi connectivity index (χ4n) is 3.56. The monoisotopic (exact) mass is 365 g/mol. The minimum absolute atomic E-state index is 0.0755. The van der Waals surface area contributed by atoms with Gasteiger partial charge in [0.15, 0.2) is 9.84 Å². The SMILES string of the molecule is CCOC(=O)CC1CCCn2c1cc1c(OC)cc(S(C)(=O)=O)cc12. The van der Waals surface area contributed by atoms with Crippen LogP contribution in [0.2, 0.25) is 0 Å². The molecule has 2 aromatic rings. The molecule has 6 nitrogen and oxygen atoms in total. The first-order chi connectivity index (χ1) is 11.8. The molecule has 1 atom stereocenters. The number of carbonyl (C=O) groups is 1. The topological polar surface area (TPSA) is 74.6 Å². The van der Waals surface area contributed by atoms with E-state index in [4.69, 9.17) is 9.47 Å². The van der Waals surface area contributed by atoms with Gasteiger partial charge in [-0.25, -0.2) is 8.42 Å².